The number of amides is 1. The monoisotopic (exact) mass is 573 g/mol. The number of likely N-dealkylation sites (N-methyl/N-ethyl adjacent to an activating group) is 2. The second-order valence-electron chi connectivity index (χ2n) is 12.4. The summed E-state index contributed by atoms with van der Waals surface area (Å²) >= 11 is 0. The number of hydroxylamine groups is 2. The Balaban J connectivity index is 2.39. The van der Waals surface area contributed by atoms with Crippen LogP contribution in [0.15, 0.2) is 0 Å². The molecule has 1 aliphatic rings. The van der Waals surface area contributed by atoms with Crippen LogP contribution >= 0.6 is 0 Å². The molecule has 12 nitrogen and oxygen atoms in total. The fourth-order valence-corrected chi connectivity index (χ4v) is 4.08. The van der Waals surface area contributed by atoms with Gasteiger partial charge < -0.3 is 28.4 Å². The molecule has 0 spiro atoms. The molecule has 1 N–H and O–H groups in total. The number of ether oxygens (including phenoxy) is 2. The van der Waals surface area contributed by atoms with E-state index in [4.69, 9.17) is 19.4 Å². The molecule has 2 atom stereocenters. The van der Waals surface area contributed by atoms with Gasteiger partial charge in [-0.05, 0) is 32.6 Å². The number of esters is 2. The summed E-state index contributed by atoms with van der Waals surface area (Å²) in [5.74, 6) is -2.53. The third-order valence-corrected chi connectivity index (χ3v) is 7.77. The van der Waals surface area contributed by atoms with E-state index in [1.807, 2.05) is 42.0 Å². The molecule has 0 bridgehead atoms. The Morgan fingerprint density at radius 1 is 0.975 bits per heavy atom. The van der Waals surface area contributed by atoms with Gasteiger partial charge in [0.25, 0.3) is 5.91 Å². The maximum Gasteiger partial charge on any atom is 0.338 e. The molecule has 1 amide bonds. The Hall–Kier alpha value is -2.73. The van der Waals surface area contributed by atoms with Gasteiger partial charge >= 0.3 is 23.9 Å². The van der Waals surface area contributed by atoms with Crippen molar-refractivity contribution in [3.8, 4) is 0 Å². The van der Waals surface area contributed by atoms with Gasteiger partial charge in [0.05, 0.1) is 72.0 Å². The lowest BCUT2D eigenvalue weighted by atomic mass is 9.81. The lowest BCUT2D eigenvalue weighted by molar-refractivity contribution is -0.889. The highest BCUT2D eigenvalue weighted by atomic mass is 16.7. The maximum atomic E-state index is 12.8. The molecular weight excluding hydrogens is 522 g/mol. The molecule has 1 aliphatic heterocycles. The number of aliphatic carboxylic acids is 1. The highest BCUT2D eigenvalue weighted by Gasteiger charge is 2.34. The molecule has 12 heteroatoms. The van der Waals surface area contributed by atoms with E-state index in [1.165, 1.54) is 0 Å². The van der Waals surface area contributed by atoms with Crippen molar-refractivity contribution in [1.29, 1.82) is 0 Å². The SMILES string of the molecule is CCC(C)(CCC(C)C(=O)OCC[N+](C)(C)CCC(=O)ON1CCCC1=O)C(=O)OCC[N+](C)(C)CCC(=O)O. The molecule has 0 saturated carbocycles. The van der Waals surface area contributed by atoms with Crippen LogP contribution in [-0.4, -0.2) is 123 Å². The third-order valence-electron chi connectivity index (χ3n) is 7.77. The molecule has 1 heterocycles. The van der Waals surface area contributed by atoms with Crippen molar-refractivity contribution in [2.75, 3.05) is 74.1 Å². The minimum atomic E-state index is -0.855. The van der Waals surface area contributed by atoms with Gasteiger partial charge in [-0.3, -0.25) is 19.2 Å². The first-order chi connectivity index (χ1) is 18.5. The predicted molar refractivity (Wildman–Crippen MR) is 146 cm³/mol. The molecule has 0 aromatic carbocycles. The third kappa shape index (κ3) is 13.1. The summed E-state index contributed by atoms with van der Waals surface area (Å²) in [5, 5.41) is 10.0. The highest BCUT2D eigenvalue weighted by molar-refractivity contribution is 5.79. The van der Waals surface area contributed by atoms with Crippen molar-refractivity contribution in [1.82, 2.24) is 5.06 Å². The van der Waals surface area contributed by atoms with E-state index in [-0.39, 0.29) is 43.9 Å². The first-order valence-corrected chi connectivity index (χ1v) is 14.2. The standard InChI is InChI=1S/C28H50N3O9/c1-8-28(3,27(37)39-21-19-30(4,5)16-12-24(33)34)14-11-22(2)26(36)38-20-18-31(6,7)17-13-25(35)40-29-15-9-10-23(29)32/h22H,8-21H2,1-7H3/q+1/p+1. The van der Waals surface area contributed by atoms with Crippen LogP contribution in [0, 0.1) is 11.3 Å². The average molecular weight is 574 g/mol. The van der Waals surface area contributed by atoms with Crippen LogP contribution in [0.1, 0.15) is 65.7 Å². The lowest BCUT2D eigenvalue weighted by Gasteiger charge is -2.31. The van der Waals surface area contributed by atoms with Crippen molar-refractivity contribution in [3.05, 3.63) is 0 Å². The molecule has 1 rings (SSSR count). The number of nitrogens with zero attached hydrogens (tertiary/aromatic N) is 3. The van der Waals surface area contributed by atoms with Crippen molar-refractivity contribution >= 4 is 29.8 Å². The summed E-state index contributed by atoms with van der Waals surface area (Å²) in [4.78, 5) is 65.0. The van der Waals surface area contributed by atoms with Gasteiger partial charge in [-0.2, -0.15) is 5.06 Å². The van der Waals surface area contributed by atoms with Gasteiger partial charge in [0.2, 0.25) is 0 Å². The van der Waals surface area contributed by atoms with Crippen LogP contribution in [0.3, 0.4) is 0 Å². The minimum absolute atomic E-state index is 0.0504. The number of carbonyl (C=O) groups excluding carboxylic acids is 4. The van der Waals surface area contributed by atoms with Gasteiger partial charge in [-0.15, -0.1) is 0 Å². The molecule has 0 radical (unpaired) electrons. The number of hydrogen-bond donors (Lipinski definition) is 1. The second-order valence-corrected chi connectivity index (χ2v) is 12.4. The van der Waals surface area contributed by atoms with Crippen LogP contribution in [-0.2, 0) is 38.3 Å². The number of hydrogen-bond acceptors (Lipinski definition) is 8. The molecule has 230 valence electrons. The highest BCUT2D eigenvalue weighted by Crippen LogP contribution is 2.31. The summed E-state index contributed by atoms with van der Waals surface area (Å²) in [6.45, 7) is 8.29. The number of quaternary nitrogens is 2. The summed E-state index contributed by atoms with van der Waals surface area (Å²) in [7, 11) is 7.65. The van der Waals surface area contributed by atoms with Crippen molar-refractivity contribution in [2.24, 2.45) is 11.3 Å². The number of carboxylic acid groups (broad SMARTS) is 1. The van der Waals surface area contributed by atoms with E-state index >= 15 is 0 Å². The summed E-state index contributed by atoms with van der Waals surface area (Å²) in [6, 6.07) is 0. The van der Waals surface area contributed by atoms with Crippen LogP contribution in [0.25, 0.3) is 0 Å². The quantitative estimate of drug-likeness (QED) is 0.182. The van der Waals surface area contributed by atoms with E-state index in [1.54, 1.807) is 6.92 Å². The van der Waals surface area contributed by atoms with Crippen LogP contribution < -0.4 is 0 Å². The first-order valence-electron chi connectivity index (χ1n) is 14.2. The van der Waals surface area contributed by atoms with Crippen molar-refractivity contribution in [3.63, 3.8) is 0 Å². The van der Waals surface area contributed by atoms with Crippen LogP contribution in [0.5, 0.6) is 0 Å². The Morgan fingerprint density at radius 2 is 1.55 bits per heavy atom. The lowest BCUT2D eigenvalue weighted by Crippen LogP contribution is -2.44. The zero-order valence-corrected chi connectivity index (χ0v) is 25.5. The van der Waals surface area contributed by atoms with Gasteiger partial charge in [0.15, 0.2) is 0 Å². The smallest absolute Gasteiger partial charge is 0.338 e. The minimum Gasteiger partial charge on any atom is -0.481 e. The molecule has 40 heavy (non-hydrogen) atoms. The van der Waals surface area contributed by atoms with Crippen LogP contribution in [0.2, 0.25) is 0 Å². The molecule has 0 aromatic rings. The Morgan fingerprint density at radius 3 is 2.08 bits per heavy atom. The van der Waals surface area contributed by atoms with Gasteiger partial charge in [-0.1, -0.05) is 13.8 Å². The molecule has 1 fully saturated rings. The molecule has 1 saturated heterocycles. The van der Waals surface area contributed by atoms with Crippen molar-refractivity contribution < 1.29 is 52.4 Å². The zero-order chi connectivity index (χ0) is 30.6. The van der Waals surface area contributed by atoms with Crippen molar-refractivity contribution in [2.45, 2.75) is 65.7 Å². The predicted octanol–water partition coefficient (Wildman–Crippen LogP) is 2.00. The fourth-order valence-electron chi connectivity index (χ4n) is 4.08. The van der Waals surface area contributed by atoms with E-state index < -0.39 is 23.3 Å². The van der Waals surface area contributed by atoms with E-state index in [0.29, 0.717) is 73.8 Å². The second kappa shape index (κ2) is 15.9. The van der Waals surface area contributed by atoms with Gasteiger partial charge in [0, 0.05) is 6.42 Å². The normalized spacial score (nSPS) is 16.3. The Bertz CT molecular complexity index is 890. The Labute approximate surface area is 238 Å². The summed E-state index contributed by atoms with van der Waals surface area (Å²) in [5.41, 5.74) is -0.736. The number of carboxylic acids is 1. The zero-order valence-electron chi connectivity index (χ0n) is 25.5. The van der Waals surface area contributed by atoms with Gasteiger partial charge in [-0.25, -0.2) is 4.79 Å². The Kier molecular flexibility index (Phi) is 14.0. The fraction of sp³-hybridized carbons (Fsp3) is 0.821. The maximum absolute atomic E-state index is 12.8. The average Bonchev–Trinajstić information content (AvgIpc) is 3.28. The van der Waals surface area contributed by atoms with Crippen LogP contribution in [0.4, 0.5) is 0 Å². The molecule has 2 unspecified atom stereocenters. The number of rotatable bonds is 19. The molecule has 0 aliphatic carbocycles. The molecular formula is C28H51N3O9+2. The largest absolute Gasteiger partial charge is 0.481 e. The first kappa shape index (κ1) is 35.3. The molecule has 0 aromatic heterocycles. The van der Waals surface area contributed by atoms with E-state index in [2.05, 4.69) is 0 Å². The van der Waals surface area contributed by atoms with E-state index in [9.17, 15) is 24.0 Å². The number of carbonyl (C=O) groups is 5. The topological polar surface area (TPSA) is 137 Å². The summed E-state index contributed by atoms with van der Waals surface area (Å²) in [6.07, 6.45) is 2.78. The van der Waals surface area contributed by atoms with E-state index in [0.717, 1.165) is 5.06 Å². The van der Waals surface area contributed by atoms with Gasteiger partial charge in [0.1, 0.15) is 26.3 Å². The summed E-state index contributed by atoms with van der Waals surface area (Å²) < 4.78 is 11.9.